The minimum atomic E-state index is -0.0137. The van der Waals surface area contributed by atoms with E-state index >= 15 is 0 Å². The average Bonchev–Trinajstić information content (AvgIpc) is 3.21. The van der Waals surface area contributed by atoms with Crippen LogP contribution >= 0.6 is 11.8 Å². The van der Waals surface area contributed by atoms with Gasteiger partial charge in [-0.15, -0.1) is 0 Å². The van der Waals surface area contributed by atoms with E-state index in [0.29, 0.717) is 13.2 Å². The number of benzene rings is 2. The number of aliphatic hydroxyl groups is 1. The number of thioether (sulfide) groups is 1. The maximum atomic E-state index is 9.38. The Labute approximate surface area is 178 Å². The van der Waals surface area contributed by atoms with Crippen LogP contribution in [0.25, 0.3) is 10.8 Å². The summed E-state index contributed by atoms with van der Waals surface area (Å²) in [6.07, 6.45) is 1.72. The van der Waals surface area contributed by atoms with Gasteiger partial charge in [-0.05, 0) is 36.1 Å². The quantitative estimate of drug-likeness (QED) is 0.315. The van der Waals surface area contributed by atoms with E-state index in [1.54, 1.807) is 0 Å². The van der Waals surface area contributed by atoms with E-state index in [1.165, 1.54) is 16.3 Å². The second kappa shape index (κ2) is 11.4. The van der Waals surface area contributed by atoms with Gasteiger partial charge in [0.05, 0.1) is 13.2 Å². The van der Waals surface area contributed by atoms with Crippen LogP contribution in [0.4, 0.5) is 0 Å². The van der Waals surface area contributed by atoms with Crippen LogP contribution in [0.1, 0.15) is 25.3 Å². The molecule has 1 saturated heterocycles. The van der Waals surface area contributed by atoms with Gasteiger partial charge in [0.2, 0.25) is 0 Å². The Morgan fingerprint density at radius 3 is 2.86 bits per heavy atom. The van der Waals surface area contributed by atoms with Crippen LogP contribution in [0.15, 0.2) is 47.5 Å². The standard InChI is InChI=1S/C23H33N3O2S/c1-2-24-22(26-17-23(10-13-27)11-14-28-18-23)25-12-15-29-16-20-8-5-7-19-6-3-4-9-21(19)20/h3-9,27H,2,10-18H2,1H3,(H2,24,25,26). The van der Waals surface area contributed by atoms with E-state index in [4.69, 9.17) is 9.73 Å². The topological polar surface area (TPSA) is 65.9 Å². The molecule has 1 unspecified atom stereocenters. The predicted molar refractivity (Wildman–Crippen MR) is 124 cm³/mol. The van der Waals surface area contributed by atoms with Gasteiger partial charge in [-0.3, -0.25) is 4.99 Å². The van der Waals surface area contributed by atoms with Gasteiger partial charge < -0.3 is 20.5 Å². The van der Waals surface area contributed by atoms with Crippen LogP contribution in [0, 0.1) is 5.41 Å². The molecule has 3 N–H and O–H groups in total. The Morgan fingerprint density at radius 2 is 2.07 bits per heavy atom. The first-order chi connectivity index (χ1) is 14.3. The van der Waals surface area contributed by atoms with Crippen LogP contribution in [0.5, 0.6) is 0 Å². The van der Waals surface area contributed by atoms with Crippen LogP contribution in [-0.4, -0.2) is 56.3 Å². The number of nitrogens with one attached hydrogen (secondary N) is 2. The van der Waals surface area contributed by atoms with Gasteiger partial charge in [0.15, 0.2) is 5.96 Å². The van der Waals surface area contributed by atoms with E-state index in [9.17, 15) is 5.11 Å². The fourth-order valence-electron chi connectivity index (χ4n) is 3.72. The van der Waals surface area contributed by atoms with Gasteiger partial charge in [0.25, 0.3) is 0 Å². The molecule has 0 bridgehead atoms. The molecule has 3 rings (SSSR count). The van der Waals surface area contributed by atoms with Crippen molar-refractivity contribution in [3.8, 4) is 0 Å². The van der Waals surface area contributed by atoms with Crippen molar-refractivity contribution in [2.75, 3.05) is 45.2 Å². The molecule has 6 heteroatoms. The first-order valence-corrected chi connectivity index (χ1v) is 11.7. The third kappa shape index (κ3) is 6.36. The summed E-state index contributed by atoms with van der Waals surface area (Å²) < 4.78 is 5.57. The molecule has 1 fully saturated rings. The number of nitrogens with zero attached hydrogens (tertiary/aromatic N) is 1. The lowest BCUT2D eigenvalue weighted by atomic mass is 9.84. The molecule has 0 spiro atoms. The van der Waals surface area contributed by atoms with Crippen LogP contribution in [-0.2, 0) is 10.5 Å². The summed E-state index contributed by atoms with van der Waals surface area (Å²) >= 11 is 1.93. The van der Waals surface area contributed by atoms with Gasteiger partial charge in [-0.25, -0.2) is 0 Å². The molecule has 0 aromatic heterocycles. The molecular weight excluding hydrogens is 382 g/mol. The molecule has 5 nitrogen and oxygen atoms in total. The predicted octanol–water partition coefficient (Wildman–Crippen LogP) is 3.42. The maximum Gasteiger partial charge on any atom is 0.191 e. The molecular formula is C23H33N3O2S. The minimum Gasteiger partial charge on any atom is -0.396 e. The number of ether oxygens (including phenoxy) is 1. The number of aliphatic imine (C=N–C) groups is 1. The Morgan fingerprint density at radius 1 is 1.21 bits per heavy atom. The summed E-state index contributed by atoms with van der Waals surface area (Å²) in [6.45, 7) is 6.11. The Kier molecular flexibility index (Phi) is 8.65. The zero-order chi connectivity index (χ0) is 20.4. The lowest BCUT2D eigenvalue weighted by Gasteiger charge is -2.24. The molecule has 1 aliphatic rings. The van der Waals surface area contributed by atoms with Crippen molar-refractivity contribution in [1.82, 2.24) is 10.6 Å². The third-order valence-electron chi connectivity index (χ3n) is 5.42. The Hall–Kier alpha value is -1.76. The summed E-state index contributed by atoms with van der Waals surface area (Å²) in [6, 6.07) is 15.1. The number of rotatable bonds is 10. The molecule has 158 valence electrons. The van der Waals surface area contributed by atoms with Crippen molar-refractivity contribution >= 4 is 28.5 Å². The molecule has 1 aliphatic heterocycles. The van der Waals surface area contributed by atoms with E-state index < -0.39 is 0 Å². The number of aliphatic hydroxyl groups excluding tert-OH is 1. The first-order valence-electron chi connectivity index (χ1n) is 10.5. The zero-order valence-electron chi connectivity index (χ0n) is 17.3. The lowest BCUT2D eigenvalue weighted by molar-refractivity contribution is 0.131. The Balaban J connectivity index is 1.46. The lowest BCUT2D eigenvalue weighted by Crippen LogP contribution is -2.39. The van der Waals surface area contributed by atoms with Crippen LogP contribution < -0.4 is 10.6 Å². The highest BCUT2D eigenvalue weighted by Gasteiger charge is 2.34. The van der Waals surface area contributed by atoms with Gasteiger partial charge in [-0.2, -0.15) is 11.8 Å². The summed E-state index contributed by atoms with van der Waals surface area (Å²) in [5.41, 5.74) is 1.38. The molecule has 29 heavy (non-hydrogen) atoms. The molecule has 2 aromatic rings. The number of fused-ring (bicyclic) bond motifs is 1. The smallest absolute Gasteiger partial charge is 0.191 e. The SMILES string of the molecule is CCNC(=NCC1(CCO)CCOC1)NCCSCc1cccc2ccccc12. The van der Waals surface area contributed by atoms with Crippen molar-refractivity contribution in [2.24, 2.45) is 10.4 Å². The normalized spacial score (nSPS) is 19.6. The van der Waals surface area contributed by atoms with E-state index in [2.05, 4.69) is 60.0 Å². The monoisotopic (exact) mass is 415 g/mol. The Bertz CT molecular complexity index is 785. The molecule has 2 aromatic carbocycles. The summed E-state index contributed by atoms with van der Waals surface area (Å²) in [4.78, 5) is 4.78. The summed E-state index contributed by atoms with van der Waals surface area (Å²) in [5, 5.41) is 18.8. The highest BCUT2D eigenvalue weighted by Crippen LogP contribution is 2.32. The van der Waals surface area contributed by atoms with Crippen molar-refractivity contribution in [1.29, 1.82) is 0 Å². The fraction of sp³-hybridized carbons (Fsp3) is 0.522. The average molecular weight is 416 g/mol. The number of hydrogen-bond donors (Lipinski definition) is 3. The number of guanidine groups is 1. The maximum absolute atomic E-state index is 9.38. The molecule has 1 atom stereocenters. The highest BCUT2D eigenvalue weighted by molar-refractivity contribution is 7.98. The van der Waals surface area contributed by atoms with Gasteiger partial charge in [-0.1, -0.05) is 42.5 Å². The third-order valence-corrected chi connectivity index (χ3v) is 6.43. The zero-order valence-corrected chi connectivity index (χ0v) is 18.1. The first kappa shape index (κ1) is 21.9. The molecule has 0 amide bonds. The summed E-state index contributed by atoms with van der Waals surface area (Å²) in [7, 11) is 0. The van der Waals surface area contributed by atoms with Gasteiger partial charge >= 0.3 is 0 Å². The van der Waals surface area contributed by atoms with Crippen LogP contribution in [0.3, 0.4) is 0 Å². The van der Waals surface area contributed by atoms with Gasteiger partial charge in [0, 0.05) is 43.2 Å². The number of hydrogen-bond acceptors (Lipinski definition) is 4. The van der Waals surface area contributed by atoms with Crippen LogP contribution in [0.2, 0.25) is 0 Å². The fourth-order valence-corrected chi connectivity index (χ4v) is 4.58. The van der Waals surface area contributed by atoms with Crippen molar-refractivity contribution in [3.05, 3.63) is 48.0 Å². The van der Waals surface area contributed by atoms with Crippen molar-refractivity contribution < 1.29 is 9.84 Å². The second-order valence-corrected chi connectivity index (χ2v) is 8.69. The summed E-state index contributed by atoms with van der Waals surface area (Å²) in [5.74, 6) is 2.87. The molecule has 1 heterocycles. The van der Waals surface area contributed by atoms with E-state index in [1.807, 2.05) is 11.8 Å². The molecule has 0 radical (unpaired) electrons. The second-order valence-electron chi connectivity index (χ2n) is 7.59. The van der Waals surface area contributed by atoms with Gasteiger partial charge in [0.1, 0.15) is 0 Å². The molecule has 0 aliphatic carbocycles. The largest absolute Gasteiger partial charge is 0.396 e. The highest BCUT2D eigenvalue weighted by atomic mass is 32.2. The molecule has 0 saturated carbocycles. The van der Waals surface area contributed by atoms with E-state index in [0.717, 1.165) is 50.0 Å². The van der Waals surface area contributed by atoms with Crippen molar-refractivity contribution in [3.63, 3.8) is 0 Å². The minimum absolute atomic E-state index is 0.0137. The van der Waals surface area contributed by atoms with E-state index in [-0.39, 0.29) is 12.0 Å². The van der Waals surface area contributed by atoms with Crippen molar-refractivity contribution in [2.45, 2.75) is 25.5 Å².